The van der Waals surface area contributed by atoms with Crippen LogP contribution in [0.15, 0.2) is 0 Å². The molecule has 0 spiro atoms. The number of ether oxygens (including phenoxy) is 1. The molecule has 0 aromatic heterocycles. The van der Waals surface area contributed by atoms with Crippen molar-refractivity contribution in [1.82, 2.24) is 0 Å². The molecule has 1 N–H and O–H groups in total. The molecule has 48 valence electrons. The monoisotopic (exact) mass is 116 g/mol. The van der Waals surface area contributed by atoms with E-state index in [1.54, 1.807) is 0 Å². The molecule has 0 amide bonds. The topological polar surface area (TPSA) is 29.5 Å². The van der Waals surface area contributed by atoms with Gasteiger partial charge in [0.2, 0.25) is 0 Å². The fourth-order valence-electron chi connectivity index (χ4n) is 0.831. The molecule has 1 rings (SSSR count). The Balaban J connectivity index is 1.86. The first kappa shape index (κ1) is 6.05. The maximum Gasteiger partial charge on any atom is 0.0598 e. The van der Waals surface area contributed by atoms with Gasteiger partial charge in [-0.1, -0.05) is 0 Å². The number of aliphatic hydroxyl groups is 1. The Labute approximate surface area is 49.5 Å². The van der Waals surface area contributed by atoms with Crippen LogP contribution in [0.25, 0.3) is 0 Å². The summed E-state index contributed by atoms with van der Waals surface area (Å²) in [4.78, 5) is 0. The van der Waals surface area contributed by atoms with Gasteiger partial charge in [-0.15, -0.1) is 0 Å². The van der Waals surface area contributed by atoms with Gasteiger partial charge in [-0.3, -0.25) is 0 Å². The van der Waals surface area contributed by atoms with E-state index in [2.05, 4.69) is 0 Å². The predicted molar refractivity (Wildman–Crippen MR) is 30.7 cm³/mol. The molecule has 2 heteroatoms. The lowest BCUT2D eigenvalue weighted by Gasteiger charge is -2.25. The van der Waals surface area contributed by atoms with Crippen molar-refractivity contribution in [3.8, 4) is 0 Å². The average Bonchev–Trinajstić information content (AvgIpc) is 1.63. The zero-order chi connectivity index (χ0) is 5.82. The molecule has 0 radical (unpaired) electrons. The van der Waals surface area contributed by atoms with Crippen LogP contribution < -0.4 is 0 Å². The summed E-state index contributed by atoms with van der Waals surface area (Å²) < 4.78 is 5.12. The molecule has 1 heterocycles. The SMILES string of the molecule is OCCCC1CCO1. The van der Waals surface area contributed by atoms with Gasteiger partial charge in [-0.25, -0.2) is 0 Å². The largest absolute Gasteiger partial charge is 0.396 e. The summed E-state index contributed by atoms with van der Waals surface area (Å²) in [5.74, 6) is 0. The van der Waals surface area contributed by atoms with E-state index < -0.39 is 0 Å². The first-order valence-corrected chi connectivity index (χ1v) is 3.16. The quantitative estimate of drug-likeness (QED) is 0.583. The Morgan fingerprint density at radius 2 is 2.38 bits per heavy atom. The van der Waals surface area contributed by atoms with Crippen molar-refractivity contribution < 1.29 is 9.84 Å². The molecular formula is C6H12O2. The maximum absolute atomic E-state index is 8.38. The molecule has 0 aliphatic carbocycles. The van der Waals surface area contributed by atoms with Crippen molar-refractivity contribution in [2.45, 2.75) is 25.4 Å². The molecule has 2 nitrogen and oxygen atoms in total. The van der Waals surface area contributed by atoms with E-state index >= 15 is 0 Å². The van der Waals surface area contributed by atoms with Crippen molar-refractivity contribution in [3.63, 3.8) is 0 Å². The molecule has 8 heavy (non-hydrogen) atoms. The van der Waals surface area contributed by atoms with Crippen LogP contribution in [-0.2, 0) is 4.74 Å². The Kier molecular flexibility index (Phi) is 2.30. The summed E-state index contributed by atoms with van der Waals surface area (Å²) in [6.07, 6.45) is 3.60. The van der Waals surface area contributed by atoms with Crippen LogP contribution >= 0.6 is 0 Å². The normalized spacial score (nSPS) is 27.4. The highest BCUT2D eigenvalue weighted by Gasteiger charge is 2.16. The first-order valence-electron chi connectivity index (χ1n) is 3.16. The molecule has 1 aliphatic rings. The molecule has 1 saturated heterocycles. The minimum atomic E-state index is 0.305. The fourth-order valence-corrected chi connectivity index (χ4v) is 0.831. The van der Waals surface area contributed by atoms with E-state index in [9.17, 15) is 0 Å². The van der Waals surface area contributed by atoms with E-state index in [0.29, 0.717) is 12.7 Å². The van der Waals surface area contributed by atoms with E-state index in [4.69, 9.17) is 9.84 Å². The van der Waals surface area contributed by atoms with Crippen LogP contribution in [0.3, 0.4) is 0 Å². The zero-order valence-corrected chi connectivity index (χ0v) is 4.97. The highest BCUT2D eigenvalue weighted by Crippen LogP contribution is 2.15. The Bertz CT molecular complexity index is 59.5. The number of hydrogen-bond acceptors (Lipinski definition) is 2. The van der Waals surface area contributed by atoms with Crippen molar-refractivity contribution in [2.24, 2.45) is 0 Å². The summed E-state index contributed by atoms with van der Waals surface area (Å²) in [7, 11) is 0. The molecule has 0 saturated carbocycles. The van der Waals surface area contributed by atoms with Gasteiger partial charge in [0.05, 0.1) is 6.10 Å². The second-order valence-corrected chi connectivity index (χ2v) is 2.15. The summed E-state index contributed by atoms with van der Waals surface area (Å²) >= 11 is 0. The third kappa shape index (κ3) is 1.46. The molecule has 1 atom stereocenters. The van der Waals surface area contributed by atoms with Crippen molar-refractivity contribution in [2.75, 3.05) is 13.2 Å². The van der Waals surface area contributed by atoms with Crippen LogP contribution in [0.2, 0.25) is 0 Å². The third-order valence-corrected chi connectivity index (χ3v) is 1.48. The van der Waals surface area contributed by atoms with Gasteiger partial charge in [0, 0.05) is 13.2 Å². The molecule has 0 bridgehead atoms. The summed E-state index contributed by atoms with van der Waals surface area (Å²) in [5.41, 5.74) is 0. The first-order chi connectivity index (χ1) is 3.93. The molecule has 1 fully saturated rings. The minimum absolute atomic E-state index is 0.305. The molecule has 0 aromatic rings. The van der Waals surface area contributed by atoms with E-state index in [1.807, 2.05) is 0 Å². The maximum atomic E-state index is 8.38. The van der Waals surface area contributed by atoms with Gasteiger partial charge in [0.1, 0.15) is 0 Å². The lowest BCUT2D eigenvalue weighted by atomic mass is 10.1. The van der Waals surface area contributed by atoms with E-state index in [0.717, 1.165) is 19.4 Å². The molecule has 1 unspecified atom stereocenters. The number of rotatable bonds is 3. The van der Waals surface area contributed by atoms with Crippen LogP contribution in [0.5, 0.6) is 0 Å². The third-order valence-electron chi connectivity index (χ3n) is 1.48. The van der Waals surface area contributed by atoms with Crippen LogP contribution in [0, 0.1) is 0 Å². The highest BCUT2D eigenvalue weighted by molar-refractivity contribution is 4.65. The van der Waals surface area contributed by atoms with Gasteiger partial charge in [-0.05, 0) is 19.3 Å². The van der Waals surface area contributed by atoms with Gasteiger partial charge >= 0.3 is 0 Å². The standard InChI is InChI=1S/C6H12O2/c7-4-1-2-6-3-5-8-6/h6-7H,1-5H2. The average molecular weight is 116 g/mol. The summed E-state index contributed by atoms with van der Waals surface area (Å²) in [5, 5.41) is 8.38. The van der Waals surface area contributed by atoms with Crippen molar-refractivity contribution in [1.29, 1.82) is 0 Å². The van der Waals surface area contributed by atoms with Crippen LogP contribution in [0.4, 0.5) is 0 Å². The predicted octanol–water partition coefficient (Wildman–Crippen LogP) is 0.548. The second-order valence-electron chi connectivity index (χ2n) is 2.15. The van der Waals surface area contributed by atoms with Crippen molar-refractivity contribution >= 4 is 0 Å². The van der Waals surface area contributed by atoms with Gasteiger partial charge < -0.3 is 9.84 Å². The van der Waals surface area contributed by atoms with Gasteiger partial charge in [0.25, 0.3) is 0 Å². The van der Waals surface area contributed by atoms with E-state index in [-0.39, 0.29) is 0 Å². The van der Waals surface area contributed by atoms with Gasteiger partial charge in [0.15, 0.2) is 0 Å². The number of aliphatic hydroxyl groups excluding tert-OH is 1. The molecule has 0 aromatic carbocycles. The molecular weight excluding hydrogens is 104 g/mol. The molecule has 1 aliphatic heterocycles. The van der Waals surface area contributed by atoms with Crippen LogP contribution in [-0.4, -0.2) is 24.4 Å². The van der Waals surface area contributed by atoms with Crippen molar-refractivity contribution in [3.05, 3.63) is 0 Å². The highest BCUT2D eigenvalue weighted by atomic mass is 16.5. The minimum Gasteiger partial charge on any atom is -0.396 e. The smallest absolute Gasteiger partial charge is 0.0598 e. The summed E-state index contributed by atoms with van der Waals surface area (Å²) in [6.45, 7) is 1.23. The Morgan fingerprint density at radius 3 is 2.75 bits per heavy atom. The second kappa shape index (κ2) is 3.05. The summed E-state index contributed by atoms with van der Waals surface area (Å²) in [6, 6.07) is 0. The fraction of sp³-hybridized carbons (Fsp3) is 1.00. The Hall–Kier alpha value is -0.0800. The lowest BCUT2D eigenvalue weighted by Crippen LogP contribution is -2.26. The van der Waals surface area contributed by atoms with E-state index in [1.165, 1.54) is 6.42 Å². The zero-order valence-electron chi connectivity index (χ0n) is 4.97. The number of hydrogen-bond donors (Lipinski definition) is 1. The lowest BCUT2D eigenvalue weighted by molar-refractivity contribution is -0.0569. The van der Waals surface area contributed by atoms with Crippen LogP contribution in [0.1, 0.15) is 19.3 Å². The van der Waals surface area contributed by atoms with Gasteiger partial charge in [-0.2, -0.15) is 0 Å². The Morgan fingerprint density at radius 1 is 1.62 bits per heavy atom.